The van der Waals surface area contributed by atoms with E-state index >= 15 is 0 Å². The first-order chi connectivity index (χ1) is 13.8. The molecule has 0 radical (unpaired) electrons. The molecule has 2 aromatic rings. The maximum atomic E-state index is 11.5. The minimum absolute atomic E-state index is 0.0776. The van der Waals surface area contributed by atoms with E-state index in [-0.39, 0.29) is 5.92 Å². The number of rotatable bonds is 9. The van der Waals surface area contributed by atoms with Gasteiger partial charge in [-0.3, -0.25) is 0 Å². The molecular formula is C23H29NO5. The highest BCUT2D eigenvalue weighted by Crippen LogP contribution is 2.36. The Morgan fingerprint density at radius 2 is 1.34 bits per heavy atom. The minimum atomic E-state index is -1.26. The van der Waals surface area contributed by atoms with Crippen LogP contribution in [0.2, 0.25) is 0 Å². The third kappa shape index (κ3) is 7.89. The van der Waals surface area contributed by atoms with Gasteiger partial charge in [0.2, 0.25) is 0 Å². The molecule has 0 amide bonds. The van der Waals surface area contributed by atoms with Crippen LogP contribution in [-0.4, -0.2) is 40.3 Å². The van der Waals surface area contributed by atoms with Crippen molar-refractivity contribution in [1.29, 1.82) is 0 Å². The number of carboxylic acid groups (broad SMARTS) is 2. The van der Waals surface area contributed by atoms with Crippen LogP contribution in [0.25, 0.3) is 0 Å². The Kier molecular flexibility index (Phi) is 10.4. The smallest absolute Gasteiger partial charge is 0.328 e. The van der Waals surface area contributed by atoms with Crippen molar-refractivity contribution in [2.24, 2.45) is 5.92 Å². The van der Waals surface area contributed by atoms with Crippen LogP contribution in [0.5, 0.6) is 0 Å². The molecule has 29 heavy (non-hydrogen) atoms. The number of aliphatic carboxylic acids is 2. The van der Waals surface area contributed by atoms with Crippen LogP contribution in [0.3, 0.4) is 0 Å². The molecule has 0 aliphatic rings. The van der Waals surface area contributed by atoms with E-state index < -0.39 is 17.5 Å². The molecule has 0 saturated heterocycles. The second kappa shape index (κ2) is 12.5. The molecular weight excluding hydrogens is 370 g/mol. The maximum Gasteiger partial charge on any atom is 0.328 e. The van der Waals surface area contributed by atoms with Gasteiger partial charge in [-0.2, -0.15) is 0 Å². The average molecular weight is 399 g/mol. The van der Waals surface area contributed by atoms with Crippen LogP contribution in [0.15, 0.2) is 72.8 Å². The lowest BCUT2D eigenvalue weighted by atomic mass is 9.77. The number of carboxylic acids is 2. The van der Waals surface area contributed by atoms with E-state index in [9.17, 15) is 14.7 Å². The number of carbonyl (C=O) groups is 2. The molecule has 1 atom stereocenters. The van der Waals surface area contributed by atoms with Crippen molar-refractivity contribution in [3.63, 3.8) is 0 Å². The Bertz CT molecular complexity index is 719. The summed E-state index contributed by atoms with van der Waals surface area (Å²) in [5.74, 6) is -2.44. The average Bonchev–Trinajstić information content (AvgIpc) is 2.73. The first-order valence-electron chi connectivity index (χ1n) is 9.50. The normalized spacial score (nSPS) is 12.1. The number of benzene rings is 2. The summed E-state index contributed by atoms with van der Waals surface area (Å²) in [5.41, 5.74) is 0.924. The Labute approximate surface area is 171 Å². The van der Waals surface area contributed by atoms with Gasteiger partial charge in [0, 0.05) is 24.6 Å². The van der Waals surface area contributed by atoms with Gasteiger partial charge in [0.25, 0.3) is 0 Å². The molecule has 4 N–H and O–H groups in total. The fourth-order valence-corrected chi connectivity index (χ4v) is 2.91. The topological polar surface area (TPSA) is 107 Å². The predicted molar refractivity (Wildman–Crippen MR) is 113 cm³/mol. The molecule has 0 heterocycles. The van der Waals surface area contributed by atoms with Gasteiger partial charge in [-0.1, -0.05) is 74.5 Å². The van der Waals surface area contributed by atoms with Crippen LogP contribution in [-0.2, 0) is 15.2 Å². The molecule has 6 nitrogen and oxygen atoms in total. The van der Waals surface area contributed by atoms with Crippen molar-refractivity contribution in [2.45, 2.75) is 25.9 Å². The largest absolute Gasteiger partial charge is 0.478 e. The highest BCUT2D eigenvalue weighted by atomic mass is 16.4. The quantitative estimate of drug-likeness (QED) is 0.381. The van der Waals surface area contributed by atoms with Crippen LogP contribution < -0.4 is 5.32 Å². The van der Waals surface area contributed by atoms with E-state index in [1.165, 1.54) is 0 Å². The van der Waals surface area contributed by atoms with Crippen LogP contribution in [0.4, 0.5) is 0 Å². The van der Waals surface area contributed by atoms with Crippen LogP contribution >= 0.6 is 0 Å². The van der Waals surface area contributed by atoms with Gasteiger partial charge in [-0.25, -0.2) is 9.59 Å². The Hall–Kier alpha value is -2.96. The maximum absolute atomic E-state index is 11.5. The van der Waals surface area contributed by atoms with E-state index in [4.69, 9.17) is 10.2 Å². The number of nitrogens with one attached hydrogen (secondary N) is 1. The lowest BCUT2D eigenvalue weighted by Gasteiger charge is -2.35. The Morgan fingerprint density at radius 1 is 0.931 bits per heavy atom. The molecule has 0 aliphatic carbocycles. The van der Waals surface area contributed by atoms with E-state index in [2.05, 4.69) is 19.2 Å². The van der Waals surface area contributed by atoms with Crippen molar-refractivity contribution in [3.05, 3.63) is 83.9 Å². The highest BCUT2D eigenvalue weighted by Gasteiger charge is 2.37. The molecule has 0 fully saturated rings. The van der Waals surface area contributed by atoms with Crippen molar-refractivity contribution in [1.82, 2.24) is 5.32 Å². The Balaban J connectivity index is 0.000000447. The van der Waals surface area contributed by atoms with Gasteiger partial charge >= 0.3 is 11.9 Å². The fourth-order valence-electron chi connectivity index (χ4n) is 2.91. The fraction of sp³-hybridized carbons (Fsp3) is 0.304. The van der Waals surface area contributed by atoms with Gasteiger partial charge in [-0.05, 0) is 24.1 Å². The first kappa shape index (κ1) is 24.1. The number of aliphatic hydroxyl groups is 1. The predicted octanol–water partition coefficient (Wildman–Crippen LogP) is 3.27. The van der Waals surface area contributed by atoms with Crippen LogP contribution in [0.1, 0.15) is 31.4 Å². The van der Waals surface area contributed by atoms with Gasteiger partial charge in [0.05, 0.1) is 0 Å². The minimum Gasteiger partial charge on any atom is -0.478 e. The van der Waals surface area contributed by atoms with E-state index in [0.29, 0.717) is 12.2 Å². The number of hydrogen-bond acceptors (Lipinski definition) is 4. The summed E-state index contributed by atoms with van der Waals surface area (Å²) in [5, 5.41) is 30.5. The SMILES string of the molecule is CCCNCC(C)C(O)(c1ccccc1)c1ccccc1.O=C(O)/C=C\C(=O)O. The third-order valence-electron chi connectivity index (χ3n) is 4.39. The Morgan fingerprint density at radius 3 is 1.69 bits per heavy atom. The summed E-state index contributed by atoms with van der Waals surface area (Å²) >= 11 is 0. The lowest BCUT2D eigenvalue weighted by molar-refractivity contribution is -0.134. The van der Waals surface area contributed by atoms with Crippen molar-refractivity contribution < 1.29 is 24.9 Å². The van der Waals surface area contributed by atoms with E-state index in [1.807, 2.05) is 60.7 Å². The van der Waals surface area contributed by atoms with E-state index in [0.717, 1.165) is 30.6 Å². The van der Waals surface area contributed by atoms with Crippen molar-refractivity contribution in [2.75, 3.05) is 13.1 Å². The van der Waals surface area contributed by atoms with Gasteiger partial charge < -0.3 is 20.6 Å². The number of hydrogen-bond donors (Lipinski definition) is 4. The third-order valence-corrected chi connectivity index (χ3v) is 4.39. The second-order valence-corrected chi connectivity index (χ2v) is 6.61. The standard InChI is InChI=1S/C19H25NO.C4H4O4/c1-3-14-20-15-16(2)19(21,17-10-6-4-7-11-17)18-12-8-5-9-13-18;5-3(6)1-2-4(7)8/h4-13,16,20-21H,3,14-15H2,1-2H3;1-2H,(H,5,6)(H,7,8)/b;2-1-. The van der Waals surface area contributed by atoms with Gasteiger partial charge in [0.15, 0.2) is 0 Å². The van der Waals surface area contributed by atoms with Crippen molar-refractivity contribution in [3.8, 4) is 0 Å². The lowest BCUT2D eigenvalue weighted by Crippen LogP contribution is -2.40. The summed E-state index contributed by atoms with van der Waals surface area (Å²) in [6.07, 6.45) is 2.21. The molecule has 0 saturated carbocycles. The highest BCUT2D eigenvalue weighted by molar-refractivity contribution is 5.89. The summed E-state index contributed by atoms with van der Waals surface area (Å²) in [7, 11) is 0. The molecule has 2 rings (SSSR count). The van der Waals surface area contributed by atoms with Gasteiger partial charge in [0.1, 0.15) is 5.60 Å². The summed E-state index contributed by atoms with van der Waals surface area (Å²) in [6.45, 7) is 6.01. The molecule has 0 bridgehead atoms. The molecule has 0 aliphatic heterocycles. The molecule has 2 aromatic carbocycles. The molecule has 1 unspecified atom stereocenters. The zero-order chi connectivity index (χ0) is 21.7. The summed E-state index contributed by atoms with van der Waals surface area (Å²) in [6, 6.07) is 19.9. The first-order valence-corrected chi connectivity index (χ1v) is 9.50. The monoisotopic (exact) mass is 399 g/mol. The second-order valence-electron chi connectivity index (χ2n) is 6.61. The molecule has 156 valence electrons. The zero-order valence-electron chi connectivity index (χ0n) is 16.8. The molecule has 0 aromatic heterocycles. The summed E-state index contributed by atoms with van der Waals surface area (Å²) in [4.78, 5) is 19.1. The zero-order valence-corrected chi connectivity index (χ0v) is 16.8. The van der Waals surface area contributed by atoms with Crippen molar-refractivity contribution >= 4 is 11.9 Å². The van der Waals surface area contributed by atoms with Crippen LogP contribution in [0, 0.1) is 5.92 Å². The molecule has 6 heteroatoms. The van der Waals surface area contributed by atoms with E-state index in [1.54, 1.807) is 0 Å². The molecule has 0 spiro atoms. The van der Waals surface area contributed by atoms with Gasteiger partial charge in [-0.15, -0.1) is 0 Å². The summed E-state index contributed by atoms with van der Waals surface area (Å²) < 4.78 is 0.